The average Bonchev–Trinajstić information content (AvgIpc) is 3.31. The van der Waals surface area contributed by atoms with Crippen LogP contribution in [0.3, 0.4) is 0 Å². The normalized spacial score (nSPS) is 14.6. The second kappa shape index (κ2) is 8.44. The summed E-state index contributed by atoms with van der Waals surface area (Å²) in [5, 5.41) is 8.39. The van der Waals surface area contributed by atoms with Gasteiger partial charge in [-0.3, -0.25) is 14.4 Å². The molecule has 24 heavy (non-hydrogen) atoms. The first-order valence-corrected chi connectivity index (χ1v) is 8.26. The molecule has 4 N–H and O–H groups in total. The Balaban J connectivity index is 1.81. The monoisotopic (exact) mass is 333 g/mol. The van der Waals surface area contributed by atoms with E-state index in [9.17, 15) is 14.4 Å². The molecule has 1 aliphatic carbocycles. The van der Waals surface area contributed by atoms with Gasteiger partial charge in [0.2, 0.25) is 0 Å². The van der Waals surface area contributed by atoms with Gasteiger partial charge in [-0.2, -0.15) is 0 Å². The van der Waals surface area contributed by atoms with Crippen molar-refractivity contribution in [2.45, 2.75) is 25.8 Å². The third-order valence-electron chi connectivity index (χ3n) is 3.61. The summed E-state index contributed by atoms with van der Waals surface area (Å²) < 4.78 is 0. The fourth-order valence-electron chi connectivity index (χ4n) is 2.32. The maximum absolute atomic E-state index is 12.1. The summed E-state index contributed by atoms with van der Waals surface area (Å²) in [6.07, 6.45) is 2.10. The summed E-state index contributed by atoms with van der Waals surface area (Å²) in [5.74, 6) is -0.395. The molecule has 7 nitrogen and oxygen atoms in total. The number of carbonyl (C=O) groups excluding carboxylic acids is 3. The van der Waals surface area contributed by atoms with E-state index in [1.807, 2.05) is 6.92 Å². The maximum atomic E-state index is 12.1. The quantitative estimate of drug-likeness (QED) is 0.500. The van der Waals surface area contributed by atoms with E-state index in [1.54, 1.807) is 31.3 Å². The molecular formula is C17H25N4O3+. The minimum absolute atomic E-state index is 0.0268. The smallest absolute Gasteiger partial charge is 0.279 e. The molecule has 1 aromatic rings. The van der Waals surface area contributed by atoms with Gasteiger partial charge in [0.05, 0.1) is 7.05 Å². The van der Waals surface area contributed by atoms with Crippen LogP contribution in [0.2, 0.25) is 0 Å². The summed E-state index contributed by atoms with van der Waals surface area (Å²) in [4.78, 5) is 36.4. The second-order valence-corrected chi connectivity index (χ2v) is 6.14. The van der Waals surface area contributed by atoms with Crippen LogP contribution >= 0.6 is 0 Å². The molecule has 1 saturated carbocycles. The lowest BCUT2D eigenvalue weighted by molar-refractivity contribution is -0.862. The Morgan fingerprint density at radius 1 is 1.17 bits per heavy atom. The minimum atomic E-state index is -0.195. The van der Waals surface area contributed by atoms with Gasteiger partial charge in [-0.1, -0.05) is 6.07 Å². The largest absolute Gasteiger partial charge is 0.352 e. The van der Waals surface area contributed by atoms with Crippen molar-refractivity contribution in [1.82, 2.24) is 10.6 Å². The molecule has 1 atom stereocenters. The Kier molecular flexibility index (Phi) is 6.31. The first kappa shape index (κ1) is 17.9. The van der Waals surface area contributed by atoms with Crippen LogP contribution in [0.25, 0.3) is 0 Å². The van der Waals surface area contributed by atoms with Crippen LogP contribution < -0.4 is 20.9 Å². The van der Waals surface area contributed by atoms with Crippen LogP contribution in [0.4, 0.5) is 5.69 Å². The van der Waals surface area contributed by atoms with E-state index in [0.29, 0.717) is 23.8 Å². The van der Waals surface area contributed by atoms with Gasteiger partial charge in [0.25, 0.3) is 17.7 Å². The summed E-state index contributed by atoms with van der Waals surface area (Å²) in [5.41, 5.74) is 1.07. The fraction of sp³-hybridized carbons (Fsp3) is 0.471. The molecule has 1 aliphatic rings. The Bertz CT molecular complexity index is 614. The number of likely N-dealkylation sites (N-methyl/N-ethyl adjacent to an activating group) is 1. The summed E-state index contributed by atoms with van der Waals surface area (Å²) in [6, 6.07) is 7.12. The molecule has 1 aromatic carbocycles. The van der Waals surface area contributed by atoms with Crippen LogP contribution in [-0.4, -0.2) is 50.4 Å². The van der Waals surface area contributed by atoms with Crippen molar-refractivity contribution in [3.63, 3.8) is 0 Å². The highest BCUT2D eigenvalue weighted by atomic mass is 16.2. The first-order chi connectivity index (χ1) is 11.5. The van der Waals surface area contributed by atoms with E-state index in [0.717, 1.165) is 17.7 Å². The number of carbonyl (C=O) groups is 3. The van der Waals surface area contributed by atoms with Gasteiger partial charge in [0, 0.05) is 23.8 Å². The van der Waals surface area contributed by atoms with E-state index >= 15 is 0 Å². The van der Waals surface area contributed by atoms with Crippen LogP contribution in [0.1, 0.15) is 30.1 Å². The SMILES string of the molecule is CCNC(=O)c1cccc(NC(=O)C[NH+](C)CC(=O)NC2CC2)c1. The molecule has 2 rings (SSSR count). The van der Waals surface area contributed by atoms with Crippen LogP contribution in [0.15, 0.2) is 24.3 Å². The molecule has 0 radical (unpaired) electrons. The van der Waals surface area contributed by atoms with Gasteiger partial charge >= 0.3 is 0 Å². The van der Waals surface area contributed by atoms with Crippen molar-refractivity contribution in [1.29, 1.82) is 0 Å². The number of rotatable bonds is 8. The Labute approximate surface area is 141 Å². The lowest BCUT2D eigenvalue weighted by Crippen LogP contribution is -3.11. The maximum Gasteiger partial charge on any atom is 0.279 e. The standard InChI is InChI=1S/C17H24N4O3/c1-3-18-17(24)12-5-4-6-14(9-12)20-16(23)11-21(2)10-15(22)19-13-7-8-13/h4-6,9,13H,3,7-8,10-11H2,1-2H3,(H,18,24)(H,19,22)(H,20,23)/p+1. The molecule has 3 amide bonds. The van der Waals surface area contributed by atoms with Crippen molar-refractivity contribution in [3.8, 4) is 0 Å². The minimum Gasteiger partial charge on any atom is -0.352 e. The lowest BCUT2D eigenvalue weighted by atomic mass is 10.2. The number of amides is 3. The molecule has 0 bridgehead atoms. The van der Waals surface area contributed by atoms with Crippen molar-refractivity contribution in [2.24, 2.45) is 0 Å². The predicted molar refractivity (Wildman–Crippen MR) is 90.9 cm³/mol. The highest BCUT2D eigenvalue weighted by Crippen LogP contribution is 2.18. The lowest BCUT2D eigenvalue weighted by Gasteiger charge is -2.14. The van der Waals surface area contributed by atoms with E-state index in [2.05, 4.69) is 16.0 Å². The van der Waals surface area contributed by atoms with Gasteiger partial charge in [-0.15, -0.1) is 0 Å². The van der Waals surface area contributed by atoms with Crippen molar-refractivity contribution < 1.29 is 19.3 Å². The Morgan fingerprint density at radius 2 is 1.88 bits per heavy atom. The van der Waals surface area contributed by atoms with Gasteiger partial charge in [-0.05, 0) is 38.0 Å². The van der Waals surface area contributed by atoms with Gasteiger partial charge in [-0.25, -0.2) is 0 Å². The van der Waals surface area contributed by atoms with Gasteiger partial charge < -0.3 is 20.9 Å². The first-order valence-electron chi connectivity index (χ1n) is 8.26. The van der Waals surface area contributed by atoms with Crippen LogP contribution in [0.5, 0.6) is 0 Å². The molecule has 0 saturated heterocycles. The molecular weight excluding hydrogens is 308 g/mol. The van der Waals surface area contributed by atoms with E-state index in [-0.39, 0.29) is 30.8 Å². The number of quaternary nitrogens is 1. The van der Waals surface area contributed by atoms with Crippen LogP contribution in [-0.2, 0) is 9.59 Å². The molecule has 0 spiro atoms. The molecule has 1 fully saturated rings. The van der Waals surface area contributed by atoms with E-state index < -0.39 is 0 Å². The highest BCUT2D eigenvalue weighted by Gasteiger charge is 2.24. The molecule has 130 valence electrons. The molecule has 0 aliphatic heterocycles. The number of nitrogens with one attached hydrogen (secondary N) is 4. The van der Waals surface area contributed by atoms with Crippen molar-refractivity contribution in [3.05, 3.63) is 29.8 Å². The summed E-state index contributed by atoms with van der Waals surface area (Å²) in [7, 11) is 1.80. The summed E-state index contributed by atoms with van der Waals surface area (Å²) in [6.45, 7) is 2.85. The second-order valence-electron chi connectivity index (χ2n) is 6.14. The summed E-state index contributed by atoms with van der Waals surface area (Å²) >= 11 is 0. The molecule has 0 heterocycles. The highest BCUT2D eigenvalue weighted by molar-refractivity contribution is 5.97. The number of benzene rings is 1. The zero-order valence-corrected chi connectivity index (χ0v) is 14.1. The number of hydrogen-bond acceptors (Lipinski definition) is 3. The van der Waals surface area contributed by atoms with Crippen molar-refractivity contribution in [2.75, 3.05) is 32.0 Å². The average molecular weight is 333 g/mol. The van der Waals surface area contributed by atoms with E-state index in [1.165, 1.54) is 0 Å². The van der Waals surface area contributed by atoms with E-state index in [4.69, 9.17) is 0 Å². The third kappa shape index (κ3) is 6.00. The topological polar surface area (TPSA) is 91.7 Å². The fourth-order valence-corrected chi connectivity index (χ4v) is 2.32. The predicted octanol–water partition coefficient (Wildman–Crippen LogP) is -0.832. The Hall–Kier alpha value is -2.41. The van der Waals surface area contributed by atoms with Gasteiger partial charge in [0.1, 0.15) is 0 Å². The number of anilines is 1. The molecule has 7 heteroatoms. The van der Waals surface area contributed by atoms with Gasteiger partial charge in [0.15, 0.2) is 13.1 Å². The van der Waals surface area contributed by atoms with Crippen LogP contribution in [0, 0.1) is 0 Å². The third-order valence-corrected chi connectivity index (χ3v) is 3.61. The zero-order chi connectivity index (χ0) is 17.5. The number of hydrogen-bond donors (Lipinski definition) is 4. The molecule has 0 aromatic heterocycles. The van der Waals surface area contributed by atoms with Crippen molar-refractivity contribution >= 4 is 23.4 Å². The molecule has 1 unspecified atom stereocenters. The zero-order valence-electron chi connectivity index (χ0n) is 14.1. The Morgan fingerprint density at radius 3 is 2.54 bits per heavy atom.